The number of ketones is 1. The topological polar surface area (TPSA) is 77.8 Å². The molecule has 0 amide bonds. The number of allylic oxidation sites excluding steroid dienone is 4. The number of hydrogen-bond donors (Lipinski definition) is 3. The molecule has 1 aromatic rings. The monoisotopic (exact) mass is 516 g/mol. The van der Waals surface area contributed by atoms with Gasteiger partial charge in [-0.15, -0.1) is 0 Å². The third-order valence-electron chi connectivity index (χ3n) is 10.4. The molecule has 3 N–H and O–H groups in total. The Hall–Kier alpha value is -2.27. The zero-order valence-electron chi connectivity index (χ0n) is 23.0. The van der Waals surface area contributed by atoms with Gasteiger partial charge >= 0.3 is 0 Å². The summed E-state index contributed by atoms with van der Waals surface area (Å²) in [7, 11) is 0. The maximum Gasteiger partial charge on any atom is 0.171 e. The Labute approximate surface area is 227 Å². The van der Waals surface area contributed by atoms with Crippen molar-refractivity contribution in [1.29, 1.82) is 0 Å². The van der Waals surface area contributed by atoms with E-state index in [0.717, 1.165) is 36.8 Å². The molecule has 0 heterocycles. The molecule has 0 saturated heterocycles. The number of benzene rings is 1. The molecule has 0 aromatic heterocycles. The maximum atomic E-state index is 13.1. The van der Waals surface area contributed by atoms with Crippen LogP contribution in [0.5, 0.6) is 0 Å². The molecule has 0 radical (unpaired) electrons. The van der Waals surface area contributed by atoms with Crippen LogP contribution in [0.3, 0.4) is 0 Å². The highest BCUT2D eigenvalue weighted by molar-refractivity contribution is 6.02. The summed E-state index contributed by atoms with van der Waals surface area (Å²) in [4.78, 5) is 13.1. The quantitative estimate of drug-likeness (QED) is 0.292. The van der Waals surface area contributed by atoms with Gasteiger partial charge in [0.1, 0.15) is 0 Å². The first-order valence-electron chi connectivity index (χ1n) is 14.6. The second-order valence-corrected chi connectivity index (χ2v) is 12.7. The van der Waals surface area contributed by atoms with Crippen molar-refractivity contribution in [3.05, 3.63) is 83.5 Å². The highest BCUT2D eigenvalue weighted by atomic mass is 16.3. The lowest BCUT2D eigenvalue weighted by molar-refractivity contribution is 0.0725. The smallest absolute Gasteiger partial charge is 0.171 e. The zero-order valence-corrected chi connectivity index (χ0v) is 23.0. The predicted octanol–water partition coefficient (Wildman–Crippen LogP) is 6.34. The Balaban J connectivity index is 1.28. The summed E-state index contributed by atoms with van der Waals surface area (Å²) < 4.78 is 0. The van der Waals surface area contributed by atoms with E-state index in [-0.39, 0.29) is 11.2 Å². The fourth-order valence-electron chi connectivity index (χ4n) is 7.88. The van der Waals surface area contributed by atoms with Crippen LogP contribution >= 0.6 is 0 Å². The SMILES string of the molecule is C=C1/C(=C\C=C2/CCC[C@]3(C)[C@@H]([C@H](C)/C=C/[C@@H](O)C4(C(=O)c5ccccc5)CC4)CC[C@@H]23)C[C@@H](O)C[C@@H]1O. The molecule has 204 valence electrons. The van der Waals surface area contributed by atoms with Crippen LogP contribution in [0.15, 0.2) is 77.9 Å². The summed E-state index contributed by atoms with van der Waals surface area (Å²) in [6.45, 7) is 8.79. The summed E-state index contributed by atoms with van der Waals surface area (Å²) in [6, 6.07) is 9.37. The van der Waals surface area contributed by atoms with Crippen molar-refractivity contribution in [3.8, 4) is 0 Å². The lowest BCUT2D eigenvalue weighted by atomic mass is 9.61. The molecular weight excluding hydrogens is 472 g/mol. The minimum Gasteiger partial charge on any atom is -0.393 e. The van der Waals surface area contributed by atoms with Crippen LogP contribution in [0.1, 0.15) is 82.0 Å². The van der Waals surface area contributed by atoms with E-state index in [4.69, 9.17) is 0 Å². The minimum absolute atomic E-state index is 0.0626. The van der Waals surface area contributed by atoms with Gasteiger partial charge in [0.2, 0.25) is 0 Å². The van der Waals surface area contributed by atoms with Crippen molar-refractivity contribution in [2.24, 2.45) is 28.6 Å². The molecule has 4 aliphatic rings. The van der Waals surface area contributed by atoms with E-state index in [9.17, 15) is 20.1 Å². The van der Waals surface area contributed by atoms with Gasteiger partial charge in [-0.05, 0) is 85.7 Å². The molecule has 7 atom stereocenters. The molecule has 38 heavy (non-hydrogen) atoms. The standard InChI is InChI=1S/C34H44O4/c1-22(11-16-31(37)34(18-19-34)32(38)25-8-5-4-6-9-25)28-14-15-29-24(10-7-17-33(28,29)3)12-13-26-20-27(35)21-30(36)23(26)2/h4-6,8-9,11-13,16,22,27-31,35-37H,2,7,10,14-15,17-21H2,1,3H3/b16-11+,24-12+,26-13-/t22-,27-,28-,29+,30+,31-,33-/m1/s1. The Morgan fingerprint density at radius 3 is 2.53 bits per heavy atom. The molecule has 4 nitrogen and oxygen atoms in total. The van der Waals surface area contributed by atoms with E-state index in [0.29, 0.717) is 36.2 Å². The first-order valence-corrected chi connectivity index (χ1v) is 14.6. The van der Waals surface area contributed by atoms with Crippen LogP contribution in [0.25, 0.3) is 0 Å². The van der Waals surface area contributed by atoms with Crippen LogP contribution < -0.4 is 0 Å². The van der Waals surface area contributed by atoms with Crippen LogP contribution in [0, 0.1) is 28.6 Å². The van der Waals surface area contributed by atoms with Crippen LogP contribution in [0.2, 0.25) is 0 Å². The van der Waals surface area contributed by atoms with Crippen molar-refractivity contribution < 1.29 is 20.1 Å². The molecule has 1 aromatic carbocycles. The van der Waals surface area contributed by atoms with E-state index >= 15 is 0 Å². The third kappa shape index (κ3) is 5.03. The summed E-state index contributed by atoms with van der Waals surface area (Å²) in [5.74, 6) is 1.44. The number of aliphatic hydroxyl groups excluding tert-OH is 3. The van der Waals surface area contributed by atoms with E-state index in [2.05, 4.69) is 38.7 Å². The van der Waals surface area contributed by atoms with Gasteiger partial charge in [-0.2, -0.15) is 0 Å². The number of carbonyl (C=O) groups excluding carboxylic acids is 1. The molecule has 4 fully saturated rings. The predicted molar refractivity (Wildman–Crippen MR) is 151 cm³/mol. The lowest BCUT2D eigenvalue weighted by Gasteiger charge is -2.44. The maximum absolute atomic E-state index is 13.1. The van der Waals surface area contributed by atoms with Crippen molar-refractivity contribution in [3.63, 3.8) is 0 Å². The minimum atomic E-state index is -0.745. The highest BCUT2D eigenvalue weighted by Gasteiger charge is 2.55. The summed E-state index contributed by atoms with van der Waals surface area (Å²) in [5, 5.41) is 31.4. The molecular formula is C34H44O4. The average molecular weight is 517 g/mol. The fourth-order valence-corrected chi connectivity index (χ4v) is 7.88. The summed E-state index contributed by atoms with van der Waals surface area (Å²) >= 11 is 0. The van der Waals surface area contributed by atoms with Gasteiger partial charge in [0.15, 0.2) is 5.78 Å². The Kier molecular flexibility index (Phi) is 7.70. The van der Waals surface area contributed by atoms with Crippen LogP contribution in [-0.4, -0.2) is 39.4 Å². The Morgan fingerprint density at radius 1 is 1.08 bits per heavy atom. The van der Waals surface area contributed by atoms with E-state index in [1.165, 1.54) is 24.8 Å². The molecule has 4 aliphatic carbocycles. The molecule has 0 spiro atoms. The first-order chi connectivity index (χ1) is 18.2. The van der Waals surface area contributed by atoms with Gasteiger partial charge < -0.3 is 15.3 Å². The molecule has 4 saturated carbocycles. The molecule has 0 bridgehead atoms. The normalized spacial score (nSPS) is 36.4. The second-order valence-electron chi connectivity index (χ2n) is 12.7. The average Bonchev–Trinajstić information content (AvgIpc) is 3.64. The van der Waals surface area contributed by atoms with Gasteiger partial charge in [-0.3, -0.25) is 4.79 Å². The Bertz CT molecular complexity index is 1140. The van der Waals surface area contributed by atoms with Crippen molar-refractivity contribution >= 4 is 5.78 Å². The number of rotatable bonds is 7. The first kappa shape index (κ1) is 27.3. The van der Waals surface area contributed by atoms with E-state index in [1.807, 2.05) is 36.4 Å². The third-order valence-corrected chi connectivity index (χ3v) is 10.4. The summed E-state index contributed by atoms with van der Waals surface area (Å²) in [5.41, 5.74) is 3.43. The number of Topliss-reactive ketones (excluding diaryl/α,β-unsaturated/α-hetero) is 1. The van der Waals surface area contributed by atoms with Gasteiger partial charge in [-0.25, -0.2) is 0 Å². The van der Waals surface area contributed by atoms with Crippen LogP contribution in [0.4, 0.5) is 0 Å². The number of hydrogen-bond acceptors (Lipinski definition) is 4. The molecule has 5 rings (SSSR count). The number of carbonyl (C=O) groups is 1. The second kappa shape index (κ2) is 10.7. The Morgan fingerprint density at radius 2 is 1.82 bits per heavy atom. The fraction of sp³-hybridized carbons (Fsp3) is 0.559. The molecule has 0 aliphatic heterocycles. The van der Waals surface area contributed by atoms with Crippen LogP contribution in [-0.2, 0) is 0 Å². The van der Waals surface area contributed by atoms with Crippen molar-refractivity contribution in [2.75, 3.05) is 0 Å². The largest absolute Gasteiger partial charge is 0.393 e. The number of fused-ring (bicyclic) bond motifs is 1. The van der Waals surface area contributed by atoms with E-state index in [1.54, 1.807) is 0 Å². The summed E-state index contributed by atoms with van der Waals surface area (Å²) in [6.07, 6.45) is 14.7. The van der Waals surface area contributed by atoms with Gasteiger partial charge in [0, 0.05) is 12.0 Å². The van der Waals surface area contributed by atoms with Gasteiger partial charge in [0.05, 0.1) is 23.7 Å². The highest BCUT2D eigenvalue weighted by Crippen LogP contribution is 2.60. The van der Waals surface area contributed by atoms with E-state index < -0.39 is 23.7 Å². The van der Waals surface area contributed by atoms with Gasteiger partial charge in [0.25, 0.3) is 0 Å². The van der Waals surface area contributed by atoms with Crippen molar-refractivity contribution in [1.82, 2.24) is 0 Å². The number of aliphatic hydroxyl groups is 3. The van der Waals surface area contributed by atoms with Gasteiger partial charge in [-0.1, -0.05) is 80.6 Å². The molecule has 0 unspecified atom stereocenters. The zero-order chi connectivity index (χ0) is 27.1. The van der Waals surface area contributed by atoms with Crippen molar-refractivity contribution in [2.45, 2.75) is 89.9 Å². The molecule has 4 heteroatoms. The lowest BCUT2D eigenvalue weighted by Crippen LogP contribution is -2.35.